The van der Waals surface area contributed by atoms with Gasteiger partial charge in [0.15, 0.2) is 0 Å². The van der Waals surface area contributed by atoms with E-state index in [4.69, 9.17) is 0 Å². The highest BCUT2D eigenvalue weighted by Crippen LogP contribution is 2.17. The summed E-state index contributed by atoms with van der Waals surface area (Å²) < 4.78 is 39.5. The van der Waals surface area contributed by atoms with Crippen LogP contribution >= 0.6 is 0 Å². The third-order valence-electron chi connectivity index (χ3n) is 2.78. The van der Waals surface area contributed by atoms with E-state index < -0.39 is 15.8 Å². The highest BCUT2D eigenvalue weighted by atomic mass is 32.2. The maximum absolute atomic E-state index is 13.5. The lowest BCUT2D eigenvalue weighted by Gasteiger charge is -2.10. The van der Waals surface area contributed by atoms with E-state index in [-0.39, 0.29) is 11.4 Å². The van der Waals surface area contributed by atoms with E-state index >= 15 is 0 Å². The number of aryl methyl sites for hydroxylation is 1. The smallest absolute Gasteiger partial charge is 0.232 e. The number of sulfonamides is 1. The molecule has 6 heteroatoms. The molecule has 0 radical (unpaired) electrons. The van der Waals surface area contributed by atoms with Crippen LogP contribution in [0.25, 0.3) is 0 Å². The maximum Gasteiger partial charge on any atom is 0.232 e. The first-order valence-corrected chi connectivity index (χ1v) is 8.45. The summed E-state index contributed by atoms with van der Waals surface area (Å²) in [5, 5.41) is 3.22. The first-order valence-electron chi connectivity index (χ1n) is 6.80. The molecule has 20 heavy (non-hydrogen) atoms. The standard InChI is InChI=1S/C14H23FN2O2S/c1-11(2)16-8-4-5-9-20(18,19)17-14-10-12(3)6-7-13(14)15/h6-7,10-11,16-17H,4-5,8-9H2,1-3H3. The molecule has 114 valence electrons. The number of halogens is 1. The van der Waals surface area contributed by atoms with Crippen molar-refractivity contribution in [2.24, 2.45) is 0 Å². The van der Waals surface area contributed by atoms with Crippen molar-refractivity contribution in [1.29, 1.82) is 0 Å². The molecular formula is C14H23FN2O2S. The molecule has 0 aliphatic rings. The minimum Gasteiger partial charge on any atom is -0.315 e. The molecule has 0 saturated heterocycles. The molecule has 0 amide bonds. The summed E-state index contributed by atoms with van der Waals surface area (Å²) in [6.07, 6.45) is 1.32. The second-order valence-electron chi connectivity index (χ2n) is 5.22. The molecule has 0 aromatic heterocycles. The van der Waals surface area contributed by atoms with Crippen LogP contribution in [0.3, 0.4) is 0 Å². The van der Waals surface area contributed by atoms with Gasteiger partial charge in [-0.1, -0.05) is 19.9 Å². The van der Waals surface area contributed by atoms with Gasteiger partial charge in [0.1, 0.15) is 5.82 Å². The first kappa shape index (κ1) is 16.9. The van der Waals surface area contributed by atoms with Crippen LogP contribution < -0.4 is 10.0 Å². The SMILES string of the molecule is Cc1ccc(F)c(NS(=O)(=O)CCCCNC(C)C)c1. The Bertz CT molecular complexity index is 530. The van der Waals surface area contributed by atoms with E-state index in [1.807, 2.05) is 13.8 Å². The highest BCUT2D eigenvalue weighted by molar-refractivity contribution is 7.92. The van der Waals surface area contributed by atoms with Crippen molar-refractivity contribution in [3.05, 3.63) is 29.6 Å². The maximum atomic E-state index is 13.5. The topological polar surface area (TPSA) is 58.2 Å². The molecule has 0 saturated carbocycles. The predicted octanol–water partition coefficient (Wildman–Crippen LogP) is 2.65. The number of unbranched alkanes of at least 4 members (excludes halogenated alkanes) is 1. The van der Waals surface area contributed by atoms with Crippen LogP contribution in [0.1, 0.15) is 32.3 Å². The number of nitrogens with one attached hydrogen (secondary N) is 2. The monoisotopic (exact) mass is 302 g/mol. The van der Waals surface area contributed by atoms with E-state index in [2.05, 4.69) is 10.0 Å². The fraction of sp³-hybridized carbons (Fsp3) is 0.571. The van der Waals surface area contributed by atoms with Gasteiger partial charge in [-0.25, -0.2) is 12.8 Å². The van der Waals surface area contributed by atoms with Gasteiger partial charge in [0.05, 0.1) is 11.4 Å². The Hall–Kier alpha value is -1.14. The van der Waals surface area contributed by atoms with Gasteiger partial charge >= 0.3 is 0 Å². The number of rotatable bonds is 8. The molecule has 0 aliphatic heterocycles. The Morgan fingerprint density at radius 2 is 1.95 bits per heavy atom. The van der Waals surface area contributed by atoms with Crippen molar-refractivity contribution < 1.29 is 12.8 Å². The van der Waals surface area contributed by atoms with Gasteiger partial charge in [0.25, 0.3) is 0 Å². The molecule has 0 atom stereocenters. The lowest BCUT2D eigenvalue weighted by atomic mass is 10.2. The van der Waals surface area contributed by atoms with Gasteiger partial charge in [-0.2, -0.15) is 0 Å². The van der Waals surface area contributed by atoms with E-state index in [1.54, 1.807) is 13.0 Å². The molecule has 2 N–H and O–H groups in total. The minimum atomic E-state index is -3.49. The fourth-order valence-corrected chi connectivity index (χ4v) is 2.92. The Morgan fingerprint density at radius 3 is 2.60 bits per heavy atom. The number of anilines is 1. The second-order valence-corrected chi connectivity index (χ2v) is 7.06. The molecule has 0 spiro atoms. The molecular weight excluding hydrogens is 279 g/mol. The Labute approximate surface area is 120 Å². The van der Waals surface area contributed by atoms with Gasteiger partial charge in [0.2, 0.25) is 10.0 Å². The summed E-state index contributed by atoms with van der Waals surface area (Å²) in [6, 6.07) is 4.75. The Balaban J connectivity index is 2.47. The van der Waals surface area contributed by atoms with Crippen LogP contribution in [-0.2, 0) is 10.0 Å². The highest BCUT2D eigenvalue weighted by Gasteiger charge is 2.13. The molecule has 1 aromatic rings. The lowest BCUT2D eigenvalue weighted by molar-refractivity contribution is 0.560. The van der Waals surface area contributed by atoms with Crippen LogP contribution in [0.4, 0.5) is 10.1 Å². The molecule has 0 aliphatic carbocycles. The fourth-order valence-electron chi connectivity index (χ4n) is 1.74. The molecule has 0 bridgehead atoms. The summed E-state index contributed by atoms with van der Waals surface area (Å²) in [6.45, 7) is 6.65. The first-order chi connectivity index (χ1) is 9.30. The molecule has 0 fully saturated rings. The zero-order valence-electron chi connectivity index (χ0n) is 12.2. The molecule has 0 heterocycles. The molecule has 1 aromatic carbocycles. The van der Waals surface area contributed by atoms with E-state index in [1.165, 1.54) is 12.1 Å². The van der Waals surface area contributed by atoms with Crippen LogP contribution in [0.2, 0.25) is 0 Å². The lowest BCUT2D eigenvalue weighted by Crippen LogP contribution is -2.24. The van der Waals surface area contributed by atoms with Crippen LogP contribution in [0.15, 0.2) is 18.2 Å². The predicted molar refractivity (Wildman–Crippen MR) is 80.9 cm³/mol. The summed E-state index contributed by atoms with van der Waals surface area (Å²) >= 11 is 0. The zero-order chi connectivity index (χ0) is 15.2. The Kier molecular flexibility index (Phi) is 6.42. The third kappa shape index (κ3) is 6.34. The normalized spacial score (nSPS) is 11.8. The third-order valence-corrected chi connectivity index (χ3v) is 4.14. The summed E-state index contributed by atoms with van der Waals surface area (Å²) in [5.41, 5.74) is 0.829. The van der Waals surface area contributed by atoms with E-state index in [0.717, 1.165) is 18.5 Å². The summed E-state index contributed by atoms with van der Waals surface area (Å²) in [5.74, 6) is -0.555. The van der Waals surface area contributed by atoms with Gasteiger partial charge in [0, 0.05) is 6.04 Å². The summed E-state index contributed by atoms with van der Waals surface area (Å²) in [7, 11) is -3.49. The van der Waals surface area contributed by atoms with Crippen molar-refractivity contribution in [2.75, 3.05) is 17.0 Å². The van der Waals surface area contributed by atoms with Crippen molar-refractivity contribution in [1.82, 2.24) is 5.32 Å². The largest absolute Gasteiger partial charge is 0.315 e. The Morgan fingerprint density at radius 1 is 1.25 bits per heavy atom. The quantitative estimate of drug-likeness (QED) is 0.726. The second kappa shape index (κ2) is 7.59. The van der Waals surface area contributed by atoms with E-state index in [0.29, 0.717) is 12.5 Å². The van der Waals surface area contributed by atoms with Crippen LogP contribution in [0.5, 0.6) is 0 Å². The van der Waals surface area contributed by atoms with Crippen molar-refractivity contribution in [3.8, 4) is 0 Å². The average molecular weight is 302 g/mol. The minimum absolute atomic E-state index is 0.000156. The molecule has 0 unspecified atom stereocenters. The summed E-state index contributed by atoms with van der Waals surface area (Å²) in [4.78, 5) is 0. The van der Waals surface area contributed by atoms with Crippen molar-refractivity contribution >= 4 is 15.7 Å². The zero-order valence-corrected chi connectivity index (χ0v) is 13.1. The van der Waals surface area contributed by atoms with Gasteiger partial charge in [-0.3, -0.25) is 4.72 Å². The van der Waals surface area contributed by atoms with Crippen molar-refractivity contribution in [3.63, 3.8) is 0 Å². The average Bonchev–Trinajstić information content (AvgIpc) is 2.32. The van der Waals surface area contributed by atoms with Gasteiger partial charge < -0.3 is 5.32 Å². The number of hydrogen-bond acceptors (Lipinski definition) is 3. The molecule has 4 nitrogen and oxygen atoms in total. The van der Waals surface area contributed by atoms with Crippen molar-refractivity contribution in [2.45, 2.75) is 39.7 Å². The van der Waals surface area contributed by atoms with Gasteiger partial charge in [-0.15, -0.1) is 0 Å². The number of hydrogen-bond donors (Lipinski definition) is 2. The van der Waals surface area contributed by atoms with Gasteiger partial charge in [-0.05, 0) is 44.0 Å². The van der Waals surface area contributed by atoms with E-state index in [9.17, 15) is 12.8 Å². The molecule has 1 rings (SSSR count). The number of benzene rings is 1. The van der Waals surface area contributed by atoms with Crippen LogP contribution in [-0.4, -0.2) is 26.8 Å². The van der Waals surface area contributed by atoms with Crippen LogP contribution in [0, 0.1) is 12.7 Å².